The van der Waals surface area contributed by atoms with Crippen LogP contribution >= 0.6 is 0 Å². The van der Waals surface area contributed by atoms with E-state index in [4.69, 9.17) is 9.47 Å². The van der Waals surface area contributed by atoms with Gasteiger partial charge in [0.15, 0.2) is 0 Å². The molecule has 2 rings (SSSR count). The van der Waals surface area contributed by atoms with Gasteiger partial charge in [-0.2, -0.15) is 0 Å². The van der Waals surface area contributed by atoms with Gasteiger partial charge in [0, 0.05) is 39.9 Å². The third-order valence-electron chi connectivity index (χ3n) is 4.22. The largest absolute Gasteiger partial charge is 0.383 e. The zero-order valence-corrected chi connectivity index (χ0v) is 13.5. The molecule has 118 valence electrons. The van der Waals surface area contributed by atoms with Gasteiger partial charge in [0.05, 0.1) is 13.2 Å². The second-order valence-corrected chi connectivity index (χ2v) is 5.75. The highest BCUT2D eigenvalue weighted by atomic mass is 16.5. The van der Waals surface area contributed by atoms with Crippen molar-refractivity contribution < 1.29 is 9.47 Å². The SMILES string of the molecule is COCCN(Cc1cccc2c1CCNC2)C(C)COC. The van der Waals surface area contributed by atoms with Crippen LogP contribution in [0.25, 0.3) is 0 Å². The molecular weight excluding hydrogens is 264 g/mol. The molecule has 4 heteroatoms. The normalized spacial score (nSPS) is 16.0. The van der Waals surface area contributed by atoms with Gasteiger partial charge in [-0.1, -0.05) is 18.2 Å². The van der Waals surface area contributed by atoms with Crippen molar-refractivity contribution in [2.75, 3.05) is 40.5 Å². The van der Waals surface area contributed by atoms with Crippen molar-refractivity contribution in [1.82, 2.24) is 10.2 Å². The van der Waals surface area contributed by atoms with Crippen molar-refractivity contribution in [1.29, 1.82) is 0 Å². The number of hydrogen-bond donors (Lipinski definition) is 1. The number of nitrogens with zero attached hydrogens (tertiary/aromatic N) is 1. The van der Waals surface area contributed by atoms with Gasteiger partial charge in [-0.05, 0) is 36.6 Å². The molecule has 0 bridgehead atoms. The Morgan fingerprint density at radius 1 is 1.29 bits per heavy atom. The topological polar surface area (TPSA) is 33.7 Å². The van der Waals surface area contributed by atoms with Crippen LogP contribution in [0.2, 0.25) is 0 Å². The summed E-state index contributed by atoms with van der Waals surface area (Å²) >= 11 is 0. The van der Waals surface area contributed by atoms with Gasteiger partial charge in [0.2, 0.25) is 0 Å². The molecule has 1 aliphatic rings. The first-order valence-corrected chi connectivity index (χ1v) is 7.78. The molecule has 1 aliphatic heterocycles. The molecule has 4 nitrogen and oxygen atoms in total. The lowest BCUT2D eigenvalue weighted by molar-refractivity contribution is 0.0703. The van der Waals surface area contributed by atoms with E-state index in [0.717, 1.165) is 45.8 Å². The van der Waals surface area contributed by atoms with E-state index in [9.17, 15) is 0 Å². The first-order valence-electron chi connectivity index (χ1n) is 7.78. The van der Waals surface area contributed by atoms with Crippen LogP contribution in [0.5, 0.6) is 0 Å². The predicted octanol–water partition coefficient (Wildman–Crippen LogP) is 1.82. The van der Waals surface area contributed by atoms with E-state index >= 15 is 0 Å². The van der Waals surface area contributed by atoms with Crippen LogP contribution in [0.4, 0.5) is 0 Å². The molecule has 0 fully saturated rings. The number of fused-ring (bicyclic) bond motifs is 1. The minimum atomic E-state index is 0.391. The summed E-state index contributed by atoms with van der Waals surface area (Å²) in [4.78, 5) is 2.45. The molecule has 1 atom stereocenters. The van der Waals surface area contributed by atoms with Crippen molar-refractivity contribution in [2.45, 2.75) is 32.5 Å². The molecule has 0 saturated carbocycles. The minimum absolute atomic E-state index is 0.391. The number of benzene rings is 1. The van der Waals surface area contributed by atoms with Gasteiger partial charge in [-0.15, -0.1) is 0 Å². The third kappa shape index (κ3) is 4.51. The molecule has 1 heterocycles. The predicted molar refractivity (Wildman–Crippen MR) is 85.5 cm³/mol. The van der Waals surface area contributed by atoms with E-state index in [-0.39, 0.29) is 0 Å². The molecule has 1 aromatic carbocycles. The summed E-state index contributed by atoms with van der Waals surface area (Å²) in [6.45, 7) is 7.70. The van der Waals surface area contributed by atoms with E-state index in [2.05, 4.69) is 35.3 Å². The van der Waals surface area contributed by atoms with E-state index in [1.54, 1.807) is 14.2 Å². The summed E-state index contributed by atoms with van der Waals surface area (Å²) in [7, 11) is 3.52. The maximum Gasteiger partial charge on any atom is 0.0615 e. The highest BCUT2D eigenvalue weighted by molar-refractivity contribution is 5.37. The highest BCUT2D eigenvalue weighted by Gasteiger charge is 2.18. The fraction of sp³-hybridized carbons (Fsp3) is 0.647. The first kappa shape index (κ1) is 16.4. The smallest absolute Gasteiger partial charge is 0.0615 e. The van der Waals surface area contributed by atoms with E-state index in [1.807, 2.05) is 0 Å². The second kappa shape index (κ2) is 8.49. The summed E-state index contributed by atoms with van der Waals surface area (Å²) in [6.07, 6.45) is 1.13. The fourth-order valence-corrected chi connectivity index (χ4v) is 2.99. The lowest BCUT2D eigenvalue weighted by Crippen LogP contribution is -2.38. The van der Waals surface area contributed by atoms with Gasteiger partial charge >= 0.3 is 0 Å². The lowest BCUT2D eigenvalue weighted by atomic mass is 9.95. The zero-order chi connectivity index (χ0) is 15.1. The summed E-state index contributed by atoms with van der Waals surface area (Å²) < 4.78 is 10.6. The number of rotatable bonds is 8. The summed E-state index contributed by atoms with van der Waals surface area (Å²) in [5.74, 6) is 0. The Balaban J connectivity index is 2.11. The zero-order valence-electron chi connectivity index (χ0n) is 13.5. The fourth-order valence-electron chi connectivity index (χ4n) is 2.99. The molecule has 0 amide bonds. The Morgan fingerprint density at radius 2 is 2.14 bits per heavy atom. The number of ether oxygens (including phenoxy) is 2. The quantitative estimate of drug-likeness (QED) is 0.792. The van der Waals surface area contributed by atoms with Crippen LogP contribution < -0.4 is 5.32 Å². The van der Waals surface area contributed by atoms with Gasteiger partial charge in [-0.25, -0.2) is 0 Å². The molecule has 1 N–H and O–H groups in total. The maximum atomic E-state index is 5.32. The van der Waals surface area contributed by atoms with Crippen molar-refractivity contribution in [3.05, 3.63) is 34.9 Å². The van der Waals surface area contributed by atoms with E-state index < -0.39 is 0 Å². The van der Waals surface area contributed by atoms with Crippen LogP contribution in [0.15, 0.2) is 18.2 Å². The van der Waals surface area contributed by atoms with Gasteiger partial charge in [0.1, 0.15) is 0 Å². The van der Waals surface area contributed by atoms with Gasteiger partial charge < -0.3 is 14.8 Å². The highest BCUT2D eigenvalue weighted by Crippen LogP contribution is 2.21. The summed E-state index contributed by atoms with van der Waals surface area (Å²) in [5.41, 5.74) is 4.43. The molecule has 21 heavy (non-hydrogen) atoms. The van der Waals surface area contributed by atoms with Crippen LogP contribution in [0, 0.1) is 0 Å². The number of nitrogens with one attached hydrogen (secondary N) is 1. The van der Waals surface area contributed by atoms with Crippen LogP contribution in [0.1, 0.15) is 23.6 Å². The molecule has 1 unspecified atom stereocenters. The Kier molecular flexibility index (Phi) is 6.64. The van der Waals surface area contributed by atoms with Crippen LogP contribution in [-0.2, 0) is 29.0 Å². The molecule has 0 spiro atoms. The third-order valence-corrected chi connectivity index (χ3v) is 4.22. The Bertz CT molecular complexity index is 437. The maximum absolute atomic E-state index is 5.32. The van der Waals surface area contributed by atoms with Crippen molar-refractivity contribution in [3.8, 4) is 0 Å². The van der Waals surface area contributed by atoms with E-state index in [1.165, 1.54) is 16.7 Å². The van der Waals surface area contributed by atoms with Crippen molar-refractivity contribution in [2.24, 2.45) is 0 Å². The molecular formula is C17H28N2O2. The number of hydrogen-bond acceptors (Lipinski definition) is 4. The molecule has 0 aromatic heterocycles. The summed E-state index contributed by atoms with van der Waals surface area (Å²) in [6, 6.07) is 7.08. The number of methoxy groups -OCH3 is 2. The molecule has 0 aliphatic carbocycles. The molecule has 0 saturated heterocycles. The van der Waals surface area contributed by atoms with Crippen LogP contribution in [0.3, 0.4) is 0 Å². The van der Waals surface area contributed by atoms with Gasteiger partial charge in [0.25, 0.3) is 0 Å². The van der Waals surface area contributed by atoms with Crippen molar-refractivity contribution in [3.63, 3.8) is 0 Å². The second-order valence-electron chi connectivity index (χ2n) is 5.75. The van der Waals surface area contributed by atoms with Crippen LogP contribution in [-0.4, -0.2) is 51.5 Å². The van der Waals surface area contributed by atoms with E-state index in [0.29, 0.717) is 6.04 Å². The lowest BCUT2D eigenvalue weighted by Gasteiger charge is -2.30. The summed E-state index contributed by atoms with van der Waals surface area (Å²) in [5, 5.41) is 3.45. The minimum Gasteiger partial charge on any atom is -0.383 e. The Labute approximate surface area is 128 Å². The van der Waals surface area contributed by atoms with Crippen molar-refractivity contribution >= 4 is 0 Å². The average molecular weight is 292 g/mol. The monoisotopic (exact) mass is 292 g/mol. The first-order chi connectivity index (χ1) is 10.3. The Morgan fingerprint density at radius 3 is 2.90 bits per heavy atom. The average Bonchev–Trinajstić information content (AvgIpc) is 2.51. The standard InChI is InChI=1S/C17H28N2O2/c1-14(13-21-3)19(9-10-20-2)12-16-6-4-5-15-11-18-8-7-17(15)16/h4-6,14,18H,7-13H2,1-3H3. The Hall–Kier alpha value is -0.940. The van der Waals surface area contributed by atoms with Gasteiger partial charge in [-0.3, -0.25) is 4.90 Å². The molecule has 0 radical (unpaired) electrons. The molecule has 1 aromatic rings.